The summed E-state index contributed by atoms with van der Waals surface area (Å²) in [5, 5.41) is 3.59. The fourth-order valence-electron chi connectivity index (χ4n) is 2.08. The van der Waals surface area contributed by atoms with Crippen molar-refractivity contribution in [1.82, 2.24) is 10.3 Å². The zero-order valence-electron chi connectivity index (χ0n) is 12.3. The maximum atomic E-state index is 11.9. The molecule has 0 saturated heterocycles. The first-order chi connectivity index (χ1) is 11.2. The predicted molar refractivity (Wildman–Crippen MR) is 98.3 cm³/mol. The number of para-hydroxylation sites is 1. The molecule has 3 aromatic rings. The van der Waals surface area contributed by atoms with Crippen LogP contribution < -0.4 is 5.32 Å². The molecule has 3 nitrogen and oxygen atoms in total. The summed E-state index contributed by atoms with van der Waals surface area (Å²) >= 11 is 9.21. The van der Waals surface area contributed by atoms with Crippen LogP contribution in [0.4, 0.5) is 0 Å². The summed E-state index contributed by atoms with van der Waals surface area (Å²) in [7, 11) is 0. The quantitative estimate of drug-likeness (QED) is 0.643. The minimum Gasteiger partial charge on any atom is -0.352 e. The molecule has 0 bridgehead atoms. The number of carbonyl (C=O) groups is 1. The zero-order chi connectivity index (χ0) is 16.1. The van der Waals surface area contributed by atoms with Crippen LogP contribution in [0.5, 0.6) is 0 Å². The molecular formula is C17H15ClN2OS2. The van der Waals surface area contributed by atoms with Gasteiger partial charge < -0.3 is 5.32 Å². The first-order valence-electron chi connectivity index (χ1n) is 7.20. The number of carbonyl (C=O) groups excluding carboxylic acids is 1. The fourth-order valence-corrected chi connectivity index (χ4v) is 4.37. The Bertz CT molecular complexity index is 786. The van der Waals surface area contributed by atoms with Crippen molar-refractivity contribution in [3.8, 4) is 0 Å². The molecule has 1 heterocycles. The van der Waals surface area contributed by atoms with E-state index in [0.29, 0.717) is 18.0 Å². The number of nitrogens with zero attached hydrogens (tertiary/aromatic N) is 1. The Labute approximate surface area is 148 Å². The largest absolute Gasteiger partial charge is 0.352 e. The van der Waals surface area contributed by atoms with Crippen molar-refractivity contribution in [2.45, 2.75) is 17.3 Å². The second-order valence-electron chi connectivity index (χ2n) is 4.95. The van der Waals surface area contributed by atoms with Gasteiger partial charge in [0.15, 0.2) is 4.34 Å². The third-order valence-electron chi connectivity index (χ3n) is 3.21. The molecule has 1 N–H and O–H groups in total. The van der Waals surface area contributed by atoms with Crippen molar-refractivity contribution in [3.05, 3.63) is 59.1 Å². The summed E-state index contributed by atoms with van der Waals surface area (Å²) in [4.78, 5) is 16.4. The van der Waals surface area contributed by atoms with Gasteiger partial charge >= 0.3 is 0 Å². The van der Waals surface area contributed by atoms with Gasteiger partial charge in [-0.15, -0.1) is 11.3 Å². The summed E-state index contributed by atoms with van der Waals surface area (Å²) in [6, 6.07) is 15.6. The van der Waals surface area contributed by atoms with E-state index in [1.54, 1.807) is 23.1 Å². The number of fused-ring (bicyclic) bond motifs is 1. The summed E-state index contributed by atoms with van der Waals surface area (Å²) in [5.74, 6) is 0.764. The predicted octanol–water partition coefficient (Wildman–Crippen LogP) is 4.75. The van der Waals surface area contributed by atoms with Crippen LogP contribution in [0.2, 0.25) is 5.02 Å². The van der Waals surface area contributed by atoms with Crippen molar-refractivity contribution in [2.75, 3.05) is 5.75 Å². The van der Waals surface area contributed by atoms with Gasteiger partial charge in [0.05, 0.1) is 10.2 Å². The molecule has 6 heteroatoms. The standard InChI is InChI=1S/C17H15ClN2OS2/c18-13-5-3-4-12(10-13)11-19-16(21)8-9-22-17-20-14-6-1-2-7-15(14)23-17/h1-7,10H,8-9,11H2,(H,19,21). The van der Waals surface area contributed by atoms with Crippen molar-refractivity contribution in [3.63, 3.8) is 0 Å². The van der Waals surface area contributed by atoms with Crippen molar-refractivity contribution >= 4 is 50.8 Å². The van der Waals surface area contributed by atoms with Gasteiger partial charge in [-0.25, -0.2) is 4.98 Å². The third kappa shape index (κ3) is 4.70. The van der Waals surface area contributed by atoms with E-state index < -0.39 is 0 Å². The lowest BCUT2D eigenvalue weighted by atomic mass is 10.2. The smallest absolute Gasteiger partial charge is 0.221 e. The van der Waals surface area contributed by atoms with E-state index in [1.165, 1.54) is 4.70 Å². The second-order valence-corrected chi connectivity index (χ2v) is 7.76. The van der Waals surface area contributed by atoms with Gasteiger partial charge in [-0.3, -0.25) is 4.79 Å². The Kier molecular flexibility index (Phi) is 5.54. The molecular weight excluding hydrogens is 348 g/mol. The molecule has 0 unspecified atom stereocenters. The number of thiazole rings is 1. The van der Waals surface area contributed by atoms with Gasteiger partial charge in [0.1, 0.15) is 0 Å². The number of hydrogen-bond acceptors (Lipinski definition) is 4. The minimum atomic E-state index is 0.0404. The highest BCUT2D eigenvalue weighted by Crippen LogP contribution is 2.29. The lowest BCUT2D eigenvalue weighted by Crippen LogP contribution is -2.22. The summed E-state index contributed by atoms with van der Waals surface area (Å²) < 4.78 is 2.19. The van der Waals surface area contributed by atoms with Crippen LogP contribution in [-0.4, -0.2) is 16.6 Å². The SMILES string of the molecule is O=C(CCSc1nc2ccccc2s1)NCc1cccc(Cl)c1. The number of hydrogen-bond donors (Lipinski definition) is 1. The number of benzene rings is 2. The van der Waals surface area contributed by atoms with Crippen molar-refractivity contribution in [2.24, 2.45) is 0 Å². The topological polar surface area (TPSA) is 42.0 Å². The molecule has 0 aliphatic carbocycles. The maximum Gasteiger partial charge on any atom is 0.221 e. The average Bonchev–Trinajstić information content (AvgIpc) is 2.96. The molecule has 0 atom stereocenters. The average molecular weight is 363 g/mol. The molecule has 3 rings (SSSR count). The fraction of sp³-hybridized carbons (Fsp3) is 0.176. The molecule has 0 aliphatic rings. The summed E-state index contributed by atoms with van der Waals surface area (Å²) in [6.45, 7) is 0.505. The summed E-state index contributed by atoms with van der Waals surface area (Å²) in [6.07, 6.45) is 0.473. The Balaban J connectivity index is 1.44. The van der Waals surface area contributed by atoms with Crippen LogP contribution in [-0.2, 0) is 11.3 Å². The van der Waals surface area contributed by atoms with Crippen molar-refractivity contribution < 1.29 is 4.79 Å². The Morgan fingerprint density at radius 2 is 2.09 bits per heavy atom. The first kappa shape index (κ1) is 16.3. The molecule has 1 amide bonds. The van der Waals surface area contributed by atoms with E-state index >= 15 is 0 Å². The molecule has 118 valence electrons. The van der Waals surface area contributed by atoms with Crippen LogP contribution in [0.3, 0.4) is 0 Å². The second kappa shape index (κ2) is 7.81. The summed E-state index contributed by atoms with van der Waals surface area (Å²) in [5.41, 5.74) is 2.02. The number of aromatic nitrogens is 1. The number of halogens is 1. The molecule has 0 saturated carbocycles. The van der Waals surface area contributed by atoms with Crippen LogP contribution in [0, 0.1) is 0 Å². The Hall–Kier alpha value is -1.56. The normalized spacial score (nSPS) is 10.8. The Morgan fingerprint density at radius 1 is 1.22 bits per heavy atom. The first-order valence-corrected chi connectivity index (χ1v) is 9.38. The van der Waals surface area contributed by atoms with E-state index in [4.69, 9.17) is 11.6 Å². The van der Waals surface area contributed by atoms with E-state index in [-0.39, 0.29) is 5.91 Å². The van der Waals surface area contributed by atoms with Crippen LogP contribution >= 0.6 is 34.7 Å². The van der Waals surface area contributed by atoms with Crippen LogP contribution in [0.15, 0.2) is 52.9 Å². The molecule has 0 radical (unpaired) electrons. The molecule has 0 fully saturated rings. The van der Waals surface area contributed by atoms with Gasteiger partial charge in [-0.1, -0.05) is 47.6 Å². The highest BCUT2D eigenvalue weighted by Gasteiger charge is 2.06. The van der Waals surface area contributed by atoms with Gasteiger partial charge in [-0.05, 0) is 29.8 Å². The van der Waals surface area contributed by atoms with E-state index in [1.807, 2.05) is 42.5 Å². The van der Waals surface area contributed by atoms with Gasteiger partial charge in [0.25, 0.3) is 0 Å². The maximum absolute atomic E-state index is 11.9. The molecule has 0 spiro atoms. The van der Waals surface area contributed by atoms with E-state index in [9.17, 15) is 4.79 Å². The molecule has 1 aromatic heterocycles. The minimum absolute atomic E-state index is 0.0404. The van der Waals surface area contributed by atoms with E-state index in [2.05, 4.69) is 16.4 Å². The van der Waals surface area contributed by atoms with Gasteiger partial charge in [-0.2, -0.15) is 0 Å². The van der Waals surface area contributed by atoms with Crippen LogP contribution in [0.25, 0.3) is 10.2 Å². The molecule has 2 aromatic carbocycles. The molecule has 0 aliphatic heterocycles. The number of thioether (sulfide) groups is 1. The zero-order valence-corrected chi connectivity index (χ0v) is 14.7. The van der Waals surface area contributed by atoms with E-state index in [0.717, 1.165) is 21.2 Å². The highest BCUT2D eigenvalue weighted by atomic mass is 35.5. The highest BCUT2D eigenvalue weighted by molar-refractivity contribution is 8.01. The van der Waals surface area contributed by atoms with Gasteiger partial charge in [0, 0.05) is 23.7 Å². The number of rotatable bonds is 6. The van der Waals surface area contributed by atoms with Crippen LogP contribution in [0.1, 0.15) is 12.0 Å². The molecule has 23 heavy (non-hydrogen) atoms. The number of amides is 1. The lowest BCUT2D eigenvalue weighted by molar-refractivity contribution is -0.120. The Morgan fingerprint density at radius 3 is 2.91 bits per heavy atom. The lowest BCUT2D eigenvalue weighted by Gasteiger charge is -2.05. The third-order valence-corrected chi connectivity index (χ3v) is 5.62. The number of nitrogens with one attached hydrogen (secondary N) is 1. The monoisotopic (exact) mass is 362 g/mol. The van der Waals surface area contributed by atoms with Gasteiger partial charge in [0.2, 0.25) is 5.91 Å². The van der Waals surface area contributed by atoms with Crippen molar-refractivity contribution in [1.29, 1.82) is 0 Å².